The van der Waals surface area contributed by atoms with E-state index in [1.807, 2.05) is 20.0 Å². The number of hydrogen-bond acceptors (Lipinski definition) is 6. The fourth-order valence-electron chi connectivity index (χ4n) is 4.16. The van der Waals surface area contributed by atoms with E-state index in [4.69, 9.17) is 18.9 Å². The van der Waals surface area contributed by atoms with Gasteiger partial charge in [-0.1, -0.05) is 11.5 Å². The van der Waals surface area contributed by atoms with Crippen molar-refractivity contribution < 1.29 is 23.7 Å². The minimum absolute atomic E-state index is 0.142. The Labute approximate surface area is 191 Å². The number of carbonyl (C=O) groups excluding carboxylic acids is 1. The third-order valence-electron chi connectivity index (χ3n) is 5.85. The van der Waals surface area contributed by atoms with Gasteiger partial charge in [-0.2, -0.15) is 0 Å². The lowest BCUT2D eigenvalue weighted by molar-refractivity contribution is 0.0949. The SMILES string of the molecule is Bc1cc(OC)c(OC)c(C(=O)NCCCCN2CCc3cc(OC)c(OC)cc3C2)c1. The summed E-state index contributed by atoms with van der Waals surface area (Å²) in [6.45, 7) is 3.54. The molecule has 0 bridgehead atoms. The first-order valence-electron chi connectivity index (χ1n) is 11.0. The van der Waals surface area contributed by atoms with Gasteiger partial charge in [-0.3, -0.25) is 9.69 Å². The van der Waals surface area contributed by atoms with E-state index in [1.165, 1.54) is 11.1 Å². The molecule has 0 radical (unpaired) electrons. The smallest absolute Gasteiger partial charge is 0.255 e. The third-order valence-corrected chi connectivity index (χ3v) is 5.85. The van der Waals surface area contributed by atoms with Gasteiger partial charge >= 0.3 is 0 Å². The standard InChI is InChI=1S/C24H33BN2O5/c1-29-20-11-16-7-10-27(15-17(16)12-21(20)30-2)9-6-5-8-26-24(28)19-13-18(25)14-22(31-3)23(19)32-4/h11-14H,5-10,15,25H2,1-4H3,(H,26,28). The van der Waals surface area contributed by atoms with E-state index in [0.717, 1.165) is 55.9 Å². The van der Waals surface area contributed by atoms with E-state index in [1.54, 1.807) is 28.4 Å². The fraction of sp³-hybridized carbons (Fsp3) is 0.458. The molecule has 3 rings (SSSR count). The van der Waals surface area contributed by atoms with Gasteiger partial charge in [0.2, 0.25) is 0 Å². The van der Waals surface area contributed by atoms with E-state index in [-0.39, 0.29) is 5.91 Å². The second-order valence-corrected chi connectivity index (χ2v) is 8.01. The summed E-state index contributed by atoms with van der Waals surface area (Å²) in [6.07, 6.45) is 2.92. The van der Waals surface area contributed by atoms with E-state index in [9.17, 15) is 4.79 Å². The Hall–Kier alpha value is -2.87. The second-order valence-electron chi connectivity index (χ2n) is 8.01. The maximum atomic E-state index is 12.7. The number of nitrogens with one attached hydrogen (secondary N) is 1. The number of unbranched alkanes of at least 4 members (excludes halogenated alkanes) is 1. The summed E-state index contributed by atoms with van der Waals surface area (Å²) in [5.41, 5.74) is 4.07. The monoisotopic (exact) mass is 440 g/mol. The molecule has 1 aliphatic rings. The zero-order valence-corrected chi connectivity index (χ0v) is 19.7. The van der Waals surface area contributed by atoms with Crippen molar-refractivity contribution >= 4 is 19.2 Å². The van der Waals surface area contributed by atoms with Gasteiger partial charge in [0.25, 0.3) is 5.91 Å². The van der Waals surface area contributed by atoms with Crippen molar-refractivity contribution in [2.75, 3.05) is 48.1 Å². The Balaban J connectivity index is 1.48. The average Bonchev–Trinajstić information content (AvgIpc) is 2.81. The van der Waals surface area contributed by atoms with Crippen LogP contribution in [-0.2, 0) is 13.0 Å². The lowest BCUT2D eigenvalue weighted by Crippen LogP contribution is -2.32. The van der Waals surface area contributed by atoms with Crippen molar-refractivity contribution in [3.05, 3.63) is 41.0 Å². The van der Waals surface area contributed by atoms with Crippen molar-refractivity contribution in [3.8, 4) is 23.0 Å². The highest BCUT2D eigenvalue weighted by atomic mass is 16.5. The molecule has 1 heterocycles. The van der Waals surface area contributed by atoms with Gasteiger partial charge in [-0.05, 0) is 55.1 Å². The molecule has 172 valence electrons. The lowest BCUT2D eigenvalue weighted by atomic mass is 9.93. The Kier molecular flexibility index (Phi) is 8.28. The predicted molar refractivity (Wildman–Crippen MR) is 128 cm³/mol. The normalized spacial score (nSPS) is 13.2. The summed E-state index contributed by atoms with van der Waals surface area (Å²) in [6, 6.07) is 7.86. The number of carbonyl (C=O) groups is 1. The van der Waals surface area contributed by atoms with Crippen LogP contribution in [0.5, 0.6) is 23.0 Å². The molecule has 0 saturated carbocycles. The lowest BCUT2D eigenvalue weighted by Gasteiger charge is -2.29. The molecule has 0 aromatic heterocycles. The maximum Gasteiger partial charge on any atom is 0.255 e. The molecule has 8 heteroatoms. The molecule has 0 unspecified atom stereocenters. The van der Waals surface area contributed by atoms with Crippen LogP contribution < -0.4 is 29.7 Å². The molecule has 0 spiro atoms. The van der Waals surface area contributed by atoms with Crippen molar-refractivity contribution in [3.63, 3.8) is 0 Å². The van der Waals surface area contributed by atoms with Gasteiger partial charge in [-0.15, -0.1) is 0 Å². The zero-order chi connectivity index (χ0) is 23.1. The van der Waals surface area contributed by atoms with Crippen molar-refractivity contribution in [2.45, 2.75) is 25.8 Å². The Morgan fingerprint density at radius 1 is 0.938 bits per heavy atom. The summed E-state index contributed by atoms with van der Waals surface area (Å²) in [5.74, 6) is 2.46. The van der Waals surface area contributed by atoms with Gasteiger partial charge < -0.3 is 24.3 Å². The van der Waals surface area contributed by atoms with Crippen LogP contribution in [0.2, 0.25) is 0 Å². The molecule has 7 nitrogen and oxygen atoms in total. The maximum absolute atomic E-state index is 12.7. The molecule has 0 aliphatic carbocycles. The van der Waals surface area contributed by atoms with Gasteiger partial charge in [-0.25, -0.2) is 0 Å². The summed E-state index contributed by atoms with van der Waals surface area (Å²) >= 11 is 0. The number of methoxy groups -OCH3 is 4. The summed E-state index contributed by atoms with van der Waals surface area (Å²) in [7, 11) is 8.39. The topological polar surface area (TPSA) is 69.3 Å². The Morgan fingerprint density at radius 2 is 1.62 bits per heavy atom. The zero-order valence-electron chi connectivity index (χ0n) is 19.7. The number of amides is 1. The van der Waals surface area contributed by atoms with Crippen LogP contribution >= 0.6 is 0 Å². The highest BCUT2D eigenvalue weighted by Gasteiger charge is 2.20. The van der Waals surface area contributed by atoms with Crippen molar-refractivity contribution in [1.82, 2.24) is 10.2 Å². The van der Waals surface area contributed by atoms with Crippen molar-refractivity contribution in [1.29, 1.82) is 0 Å². The van der Waals surface area contributed by atoms with Crippen LogP contribution in [0.25, 0.3) is 0 Å². The summed E-state index contributed by atoms with van der Waals surface area (Å²) in [4.78, 5) is 15.1. The molecule has 2 aromatic carbocycles. The largest absolute Gasteiger partial charge is 0.493 e. The number of fused-ring (bicyclic) bond motifs is 1. The van der Waals surface area contributed by atoms with Crippen LogP contribution in [0.1, 0.15) is 34.3 Å². The number of benzene rings is 2. The summed E-state index contributed by atoms with van der Waals surface area (Å²) in [5, 5.41) is 3.01. The van der Waals surface area contributed by atoms with Crippen LogP contribution in [0.3, 0.4) is 0 Å². The minimum atomic E-state index is -0.142. The molecule has 32 heavy (non-hydrogen) atoms. The molecule has 2 aromatic rings. The van der Waals surface area contributed by atoms with E-state index < -0.39 is 0 Å². The third kappa shape index (κ3) is 5.48. The molecule has 1 aliphatic heterocycles. The number of nitrogens with zero attached hydrogens (tertiary/aromatic N) is 1. The van der Waals surface area contributed by atoms with Gasteiger partial charge in [0, 0.05) is 19.6 Å². The average molecular weight is 440 g/mol. The second kappa shape index (κ2) is 11.1. The number of rotatable bonds is 10. The van der Waals surface area contributed by atoms with Crippen LogP contribution in [0.4, 0.5) is 0 Å². The first kappa shape index (κ1) is 23.8. The minimum Gasteiger partial charge on any atom is -0.493 e. The predicted octanol–water partition coefficient (Wildman–Crippen LogP) is 1.55. The molecular weight excluding hydrogens is 407 g/mol. The molecular formula is C24H33BN2O5. The Morgan fingerprint density at radius 3 is 2.28 bits per heavy atom. The highest BCUT2D eigenvalue weighted by molar-refractivity contribution is 6.33. The fourth-order valence-corrected chi connectivity index (χ4v) is 4.16. The van der Waals surface area contributed by atoms with Gasteiger partial charge in [0.15, 0.2) is 23.0 Å². The number of ether oxygens (including phenoxy) is 4. The van der Waals surface area contributed by atoms with Crippen LogP contribution in [-0.4, -0.2) is 66.7 Å². The van der Waals surface area contributed by atoms with E-state index >= 15 is 0 Å². The summed E-state index contributed by atoms with van der Waals surface area (Å²) < 4.78 is 21.6. The molecule has 0 fully saturated rings. The van der Waals surface area contributed by atoms with E-state index in [0.29, 0.717) is 23.6 Å². The Bertz CT molecular complexity index is 950. The van der Waals surface area contributed by atoms with Crippen LogP contribution in [0.15, 0.2) is 24.3 Å². The number of hydrogen-bond donors (Lipinski definition) is 1. The molecule has 0 atom stereocenters. The highest BCUT2D eigenvalue weighted by Crippen LogP contribution is 2.33. The molecule has 1 amide bonds. The van der Waals surface area contributed by atoms with Gasteiger partial charge in [0.05, 0.1) is 34.0 Å². The van der Waals surface area contributed by atoms with Gasteiger partial charge in [0.1, 0.15) is 7.85 Å². The first-order valence-corrected chi connectivity index (χ1v) is 11.0. The quantitative estimate of drug-likeness (QED) is 0.447. The van der Waals surface area contributed by atoms with E-state index in [2.05, 4.69) is 22.3 Å². The molecule has 0 saturated heterocycles. The molecule has 1 N–H and O–H groups in total. The van der Waals surface area contributed by atoms with Crippen molar-refractivity contribution in [2.24, 2.45) is 0 Å². The first-order chi connectivity index (χ1) is 15.5. The van der Waals surface area contributed by atoms with Crippen LogP contribution in [0, 0.1) is 0 Å².